The van der Waals surface area contributed by atoms with Crippen LogP contribution in [0.15, 0.2) is 72.8 Å². The Labute approximate surface area is 138 Å². The van der Waals surface area contributed by atoms with Gasteiger partial charge in [-0.15, -0.1) is 0 Å². The Morgan fingerprint density at radius 1 is 0.609 bits per heavy atom. The third kappa shape index (κ3) is 2.76. The highest BCUT2D eigenvalue weighted by Gasteiger charge is 2.08. The molecule has 4 rings (SSSR count). The minimum atomic E-state index is 0.677. The molecule has 112 valence electrons. The van der Waals surface area contributed by atoms with Crippen molar-refractivity contribution in [1.29, 1.82) is 0 Å². The second-order valence-electron chi connectivity index (χ2n) is 6.20. The van der Waals surface area contributed by atoms with Crippen LogP contribution in [-0.2, 0) is 0 Å². The summed E-state index contributed by atoms with van der Waals surface area (Å²) in [6, 6.07) is 26.7. The molecule has 1 atom stereocenters. The van der Waals surface area contributed by atoms with E-state index >= 15 is 0 Å². The van der Waals surface area contributed by atoms with E-state index < -0.39 is 0 Å². The molecular formula is C22H19P. The van der Waals surface area contributed by atoms with Crippen LogP contribution in [0.3, 0.4) is 0 Å². The largest absolute Gasteiger partial charge is 0.0616 e. The fourth-order valence-corrected chi connectivity index (χ4v) is 4.95. The lowest BCUT2D eigenvalue weighted by molar-refractivity contribution is 1.41. The van der Waals surface area contributed by atoms with Gasteiger partial charge in [0.15, 0.2) is 0 Å². The third-order valence-electron chi connectivity index (χ3n) is 4.26. The van der Waals surface area contributed by atoms with E-state index in [1.807, 2.05) is 0 Å². The highest BCUT2D eigenvalue weighted by Crippen LogP contribution is 2.27. The van der Waals surface area contributed by atoms with E-state index in [9.17, 15) is 0 Å². The highest BCUT2D eigenvalue weighted by atomic mass is 31.1. The molecule has 23 heavy (non-hydrogen) atoms. The van der Waals surface area contributed by atoms with Crippen LogP contribution in [0.4, 0.5) is 0 Å². The Morgan fingerprint density at radius 3 is 1.70 bits per heavy atom. The minimum absolute atomic E-state index is 0.677. The number of benzene rings is 4. The van der Waals surface area contributed by atoms with Gasteiger partial charge in [-0.25, -0.2) is 0 Å². The zero-order valence-corrected chi connectivity index (χ0v) is 14.4. The summed E-state index contributed by atoms with van der Waals surface area (Å²) in [4.78, 5) is 0. The lowest BCUT2D eigenvalue weighted by atomic mass is 10.0. The van der Waals surface area contributed by atoms with E-state index in [-0.39, 0.29) is 0 Å². The molecule has 0 fully saturated rings. The molecule has 1 heteroatoms. The third-order valence-corrected chi connectivity index (χ3v) is 5.63. The van der Waals surface area contributed by atoms with Crippen LogP contribution >= 0.6 is 8.58 Å². The van der Waals surface area contributed by atoms with Crippen molar-refractivity contribution in [3.8, 4) is 0 Å². The number of fused-ring (bicyclic) bond motifs is 2. The van der Waals surface area contributed by atoms with E-state index in [0.29, 0.717) is 8.58 Å². The predicted molar refractivity (Wildman–Crippen MR) is 105 cm³/mol. The molecular weight excluding hydrogens is 295 g/mol. The van der Waals surface area contributed by atoms with Gasteiger partial charge in [0.05, 0.1) is 0 Å². The first-order chi connectivity index (χ1) is 11.2. The summed E-state index contributed by atoms with van der Waals surface area (Å²) in [5.74, 6) is 0. The Morgan fingerprint density at radius 2 is 1.13 bits per heavy atom. The van der Waals surface area contributed by atoms with Crippen molar-refractivity contribution in [3.63, 3.8) is 0 Å². The average molecular weight is 314 g/mol. The summed E-state index contributed by atoms with van der Waals surface area (Å²) in [6.45, 7) is 4.37. The van der Waals surface area contributed by atoms with Crippen LogP contribution < -0.4 is 10.6 Å². The molecule has 0 aliphatic carbocycles. The first-order valence-corrected chi connectivity index (χ1v) is 8.96. The van der Waals surface area contributed by atoms with Crippen molar-refractivity contribution in [3.05, 3.63) is 83.9 Å². The van der Waals surface area contributed by atoms with Gasteiger partial charge in [0.2, 0.25) is 0 Å². The molecule has 0 nitrogen and oxygen atoms in total. The summed E-state index contributed by atoms with van der Waals surface area (Å²) in [5, 5.41) is 8.30. The standard InChI is InChI=1S/C22H19P/c1-15-11-16(2)13-19(12-15)23-22-20-9-5-3-7-17(20)14-18-8-4-6-10-21(18)22/h3-14,23H,1-2H3. The molecule has 4 aromatic rings. The number of hydrogen-bond donors (Lipinski definition) is 0. The number of rotatable bonds is 2. The molecule has 0 N–H and O–H groups in total. The van der Waals surface area contributed by atoms with Crippen LogP contribution in [0, 0.1) is 13.8 Å². The zero-order valence-electron chi connectivity index (χ0n) is 13.4. The van der Waals surface area contributed by atoms with Gasteiger partial charge in [-0.05, 0) is 52.1 Å². The van der Waals surface area contributed by atoms with E-state index in [1.54, 1.807) is 0 Å². The predicted octanol–water partition coefficient (Wildman–Crippen LogP) is 5.24. The van der Waals surface area contributed by atoms with Gasteiger partial charge in [-0.3, -0.25) is 0 Å². The van der Waals surface area contributed by atoms with Crippen LogP contribution in [0.1, 0.15) is 11.1 Å². The molecule has 0 radical (unpaired) electrons. The van der Waals surface area contributed by atoms with E-state index in [1.165, 1.54) is 43.3 Å². The van der Waals surface area contributed by atoms with E-state index in [4.69, 9.17) is 0 Å². The Hall–Kier alpha value is -2.17. The van der Waals surface area contributed by atoms with Crippen molar-refractivity contribution >= 4 is 40.7 Å². The molecule has 0 spiro atoms. The molecule has 0 bridgehead atoms. The maximum atomic E-state index is 2.32. The zero-order chi connectivity index (χ0) is 15.8. The minimum Gasteiger partial charge on any atom is -0.0616 e. The Bertz CT molecular complexity index is 940. The Kier molecular flexibility index (Phi) is 3.63. The van der Waals surface area contributed by atoms with Gasteiger partial charge in [0, 0.05) is 0 Å². The summed E-state index contributed by atoms with van der Waals surface area (Å²) >= 11 is 0. The average Bonchev–Trinajstić information content (AvgIpc) is 2.54. The lowest BCUT2D eigenvalue weighted by Crippen LogP contribution is -2.07. The van der Waals surface area contributed by atoms with E-state index in [2.05, 4.69) is 86.6 Å². The SMILES string of the molecule is Cc1cc(C)cc(Pc2c3ccccc3cc3ccccc23)c1. The molecule has 0 saturated heterocycles. The van der Waals surface area contributed by atoms with Crippen molar-refractivity contribution < 1.29 is 0 Å². The van der Waals surface area contributed by atoms with Crippen molar-refractivity contribution in [2.24, 2.45) is 0 Å². The van der Waals surface area contributed by atoms with Gasteiger partial charge in [-0.1, -0.05) is 86.4 Å². The van der Waals surface area contributed by atoms with Crippen molar-refractivity contribution in [2.75, 3.05) is 0 Å². The van der Waals surface area contributed by atoms with Gasteiger partial charge >= 0.3 is 0 Å². The van der Waals surface area contributed by atoms with Crippen LogP contribution in [0.25, 0.3) is 21.5 Å². The molecule has 4 aromatic carbocycles. The quantitative estimate of drug-likeness (QED) is 0.351. The fourth-order valence-electron chi connectivity index (χ4n) is 3.34. The van der Waals surface area contributed by atoms with Crippen molar-refractivity contribution in [2.45, 2.75) is 13.8 Å². The summed E-state index contributed by atoms with van der Waals surface area (Å²) in [5.41, 5.74) is 2.69. The monoisotopic (exact) mass is 314 g/mol. The summed E-state index contributed by atoms with van der Waals surface area (Å²) < 4.78 is 0. The molecule has 0 amide bonds. The molecule has 0 aromatic heterocycles. The maximum absolute atomic E-state index is 2.32. The van der Waals surface area contributed by atoms with Crippen LogP contribution in [0.5, 0.6) is 0 Å². The Balaban J connectivity index is 1.99. The van der Waals surface area contributed by atoms with Gasteiger partial charge in [-0.2, -0.15) is 0 Å². The second kappa shape index (κ2) is 5.80. The molecule has 0 aliphatic heterocycles. The van der Waals surface area contributed by atoms with Crippen molar-refractivity contribution in [1.82, 2.24) is 0 Å². The maximum Gasteiger partial charge on any atom is -0.00700 e. The fraction of sp³-hybridized carbons (Fsp3) is 0.0909. The summed E-state index contributed by atoms with van der Waals surface area (Å²) in [6.07, 6.45) is 0. The smallest absolute Gasteiger partial charge is 0.00700 e. The van der Waals surface area contributed by atoms with E-state index in [0.717, 1.165) is 0 Å². The normalized spacial score (nSPS) is 11.7. The first kappa shape index (κ1) is 14.4. The molecule has 1 unspecified atom stereocenters. The van der Waals surface area contributed by atoms with Gasteiger partial charge < -0.3 is 0 Å². The number of aryl methyl sites for hydroxylation is 2. The van der Waals surface area contributed by atoms with Gasteiger partial charge in [0.25, 0.3) is 0 Å². The molecule has 0 aliphatic rings. The molecule has 0 heterocycles. The second-order valence-corrected chi connectivity index (χ2v) is 7.52. The summed E-state index contributed by atoms with van der Waals surface area (Å²) in [7, 11) is 0.677. The lowest BCUT2D eigenvalue weighted by Gasteiger charge is -2.13. The number of hydrogen-bond acceptors (Lipinski definition) is 0. The van der Waals surface area contributed by atoms with Crippen LogP contribution in [-0.4, -0.2) is 0 Å². The first-order valence-electron chi connectivity index (χ1n) is 7.96. The highest BCUT2D eigenvalue weighted by molar-refractivity contribution is 7.56. The molecule has 0 saturated carbocycles. The topological polar surface area (TPSA) is 0 Å². The van der Waals surface area contributed by atoms with Crippen LogP contribution in [0.2, 0.25) is 0 Å². The van der Waals surface area contributed by atoms with Gasteiger partial charge in [0.1, 0.15) is 0 Å².